The molecule has 1 N–H and O–H groups in total. The van der Waals surface area contributed by atoms with Crippen LogP contribution < -0.4 is 0 Å². The van der Waals surface area contributed by atoms with E-state index in [-0.39, 0.29) is 6.54 Å². The Kier molecular flexibility index (Phi) is 12.7. The van der Waals surface area contributed by atoms with Gasteiger partial charge in [-0.05, 0) is 70.0 Å². The second kappa shape index (κ2) is 16.2. The molecule has 0 bridgehead atoms. The van der Waals surface area contributed by atoms with Gasteiger partial charge in [0, 0.05) is 44.9 Å². The van der Waals surface area contributed by atoms with Gasteiger partial charge in [0.2, 0.25) is 0 Å². The number of imidazole rings is 2. The zero-order valence-corrected chi connectivity index (χ0v) is 24.3. The molecule has 214 valence electrons. The minimum Gasteiger partial charge on any atom is -0.480 e. The number of aliphatic carboxylic acids is 1. The van der Waals surface area contributed by atoms with Crippen molar-refractivity contribution in [2.24, 2.45) is 7.05 Å². The number of benzene rings is 1. The van der Waals surface area contributed by atoms with E-state index in [1.807, 2.05) is 17.8 Å². The van der Waals surface area contributed by atoms with E-state index < -0.39 is 5.97 Å². The Labute approximate surface area is 234 Å². The summed E-state index contributed by atoms with van der Waals surface area (Å²) in [5, 5.41) is 9.25. The van der Waals surface area contributed by atoms with Gasteiger partial charge in [0.25, 0.3) is 0 Å². The molecular weight excluding hydrogens is 490 g/mol. The number of carboxylic acid groups (broad SMARTS) is 1. The summed E-state index contributed by atoms with van der Waals surface area (Å²) in [5.74, 6) is 0.815. The quantitative estimate of drug-likeness (QED) is 0.229. The van der Waals surface area contributed by atoms with Gasteiger partial charge in [0.1, 0.15) is 18.2 Å². The molecule has 0 aliphatic carbocycles. The number of hydrogen-bond donors (Lipinski definition) is 1. The van der Waals surface area contributed by atoms with E-state index >= 15 is 0 Å². The van der Waals surface area contributed by atoms with Gasteiger partial charge in [0.15, 0.2) is 0 Å². The normalized spacial score (nSPS) is 11.8. The van der Waals surface area contributed by atoms with Crippen LogP contribution in [0, 0.1) is 0 Å². The molecule has 0 aliphatic heterocycles. The van der Waals surface area contributed by atoms with Gasteiger partial charge in [-0.3, -0.25) is 9.69 Å². The first-order valence-corrected chi connectivity index (χ1v) is 14.3. The molecule has 1 aromatic carbocycles. The molecule has 0 aliphatic rings. The largest absolute Gasteiger partial charge is 0.480 e. The fourth-order valence-corrected chi connectivity index (χ4v) is 4.98. The molecule has 9 heteroatoms. The summed E-state index contributed by atoms with van der Waals surface area (Å²) in [5.41, 5.74) is 2.52. The van der Waals surface area contributed by atoms with Crippen molar-refractivity contribution >= 4 is 5.97 Å². The van der Waals surface area contributed by atoms with Gasteiger partial charge in [-0.2, -0.15) is 0 Å². The van der Waals surface area contributed by atoms with Crippen LogP contribution in [0.15, 0.2) is 49.1 Å². The fraction of sp³-hybridized carbons (Fsp3) is 0.567. The molecule has 0 radical (unpaired) electrons. The maximum Gasteiger partial charge on any atom is 0.323 e. The molecule has 0 spiro atoms. The molecule has 0 fully saturated rings. The van der Waals surface area contributed by atoms with Crippen molar-refractivity contribution in [1.29, 1.82) is 0 Å². The monoisotopic (exact) mass is 537 g/mol. The number of carboxylic acids is 1. The van der Waals surface area contributed by atoms with Crippen LogP contribution in [-0.4, -0.2) is 78.1 Å². The molecule has 0 amide bonds. The molecular formula is C30H47N7O2. The Hall–Kier alpha value is -3.01. The van der Waals surface area contributed by atoms with Crippen LogP contribution in [0.5, 0.6) is 0 Å². The van der Waals surface area contributed by atoms with Gasteiger partial charge >= 0.3 is 5.97 Å². The summed E-state index contributed by atoms with van der Waals surface area (Å²) in [4.78, 5) is 27.5. The maximum atomic E-state index is 11.3. The minimum absolute atomic E-state index is 0.0937. The highest BCUT2D eigenvalue weighted by molar-refractivity contribution is 5.66. The summed E-state index contributed by atoms with van der Waals surface area (Å²) >= 11 is 0. The molecule has 9 nitrogen and oxygen atoms in total. The first kappa shape index (κ1) is 30.5. The highest BCUT2D eigenvalue weighted by Gasteiger charge is 2.15. The second-order valence-electron chi connectivity index (χ2n) is 10.6. The number of hydrogen-bond acceptors (Lipinski definition) is 6. The highest BCUT2D eigenvalue weighted by Crippen LogP contribution is 2.15. The standard InChI is InChI=1S/C30H47N7O2/c1-5-15-35(16-6-2)18-8-7-17-33(3)21-26-9-11-27(12-10-26)22-36(23-28-31-13-19-34(28)4)24-29-32-14-20-37(29)25-30(38)39/h9-14,19-20H,5-8,15-18,21-25H2,1-4H3,(H,38,39). The SMILES string of the molecule is CCCN(CCC)CCCCN(C)Cc1ccc(CN(Cc2nccn2C)Cc2nccn2CC(=O)O)cc1. The Morgan fingerprint density at radius 1 is 0.795 bits per heavy atom. The van der Waals surface area contributed by atoms with Crippen molar-refractivity contribution in [3.63, 3.8) is 0 Å². The third-order valence-corrected chi connectivity index (χ3v) is 6.98. The van der Waals surface area contributed by atoms with E-state index in [1.165, 1.54) is 56.4 Å². The number of carbonyl (C=O) groups is 1. The van der Waals surface area contributed by atoms with E-state index in [2.05, 4.69) is 69.8 Å². The zero-order valence-electron chi connectivity index (χ0n) is 24.3. The summed E-state index contributed by atoms with van der Waals surface area (Å²) in [6, 6.07) is 8.85. The number of aryl methyl sites for hydroxylation is 1. The van der Waals surface area contributed by atoms with E-state index in [4.69, 9.17) is 0 Å². The van der Waals surface area contributed by atoms with Gasteiger partial charge in [-0.15, -0.1) is 0 Å². The van der Waals surface area contributed by atoms with E-state index in [9.17, 15) is 9.90 Å². The molecule has 39 heavy (non-hydrogen) atoms. The zero-order chi connectivity index (χ0) is 28.0. The van der Waals surface area contributed by atoms with Crippen molar-refractivity contribution in [1.82, 2.24) is 33.8 Å². The lowest BCUT2D eigenvalue weighted by atomic mass is 10.1. The van der Waals surface area contributed by atoms with Crippen molar-refractivity contribution in [3.8, 4) is 0 Å². The molecule has 2 heterocycles. The predicted molar refractivity (Wildman–Crippen MR) is 155 cm³/mol. The summed E-state index contributed by atoms with van der Waals surface area (Å²) in [6.45, 7) is 12.0. The maximum absolute atomic E-state index is 11.3. The Morgan fingerprint density at radius 3 is 2.00 bits per heavy atom. The van der Waals surface area contributed by atoms with Crippen molar-refractivity contribution in [3.05, 3.63) is 71.8 Å². The molecule has 0 atom stereocenters. The summed E-state index contributed by atoms with van der Waals surface area (Å²) in [6.07, 6.45) is 12.1. The lowest BCUT2D eigenvalue weighted by Crippen LogP contribution is -2.27. The van der Waals surface area contributed by atoms with E-state index in [0.29, 0.717) is 13.1 Å². The van der Waals surface area contributed by atoms with Crippen molar-refractivity contribution in [2.75, 3.05) is 33.2 Å². The number of unbranched alkanes of at least 4 members (excludes halogenated alkanes) is 1. The van der Waals surface area contributed by atoms with Crippen LogP contribution in [0.4, 0.5) is 0 Å². The number of rotatable bonds is 19. The number of nitrogens with zero attached hydrogens (tertiary/aromatic N) is 7. The van der Waals surface area contributed by atoms with Crippen LogP contribution in [0.3, 0.4) is 0 Å². The average molecular weight is 538 g/mol. The molecule has 2 aromatic heterocycles. The highest BCUT2D eigenvalue weighted by atomic mass is 16.4. The van der Waals surface area contributed by atoms with Gasteiger partial charge in [-0.25, -0.2) is 9.97 Å². The Balaban J connectivity index is 1.54. The first-order valence-electron chi connectivity index (χ1n) is 14.3. The summed E-state index contributed by atoms with van der Waals surface area (Å²) < 4.78 is 3.71. The van der Waals surface area contributed by atoms with E-state index in [1.54, 1.807) is 23.2 Å². The van der Waals surface area contributed by atoms with Crippen LogP contribution >= 0.6 is 0 Å². The smallest absolute Gasteiger partial charge is 0.323 e. The third kappa shape index (κ3) is 10.6. The summed E-state index contributed by atoms with van der Waals surface area (Å²) in [7, 11) is 4.20. The lowest BCUT2D eigenvalue weighted by Gasteiger charge is -2.23. The topological polar surface area (TPSA) is 82.7 Å². The Morgan fingerprint density at radius 2 is 1.38 bits per heavy atom. The molecule has 3 aromatic rings. The van der Waals surface area contributed by atoms with Crippen molar-refractivity contribution in [2.45, 2.75) is 72.3 Å². The number of aromatic nitrogens is 4. The van der Waals surface area contributed by atoms with Crippen LogP contribution in [-0.2, 0) is 44.6 Å². The van der Waals surface area contributed by atoms with Crippen LogP contribution in [0.1, 0.15) is 62.3 Å². The molecule has 0 unspecified atom stereocenters. The lowest BCUT2D eigenvalue weighted by molar-refractivity contribution is -0.137. The molecule has 3 rings (SSSR count). The third-order valence-electron chi connectivity index (χ3n) is 6.98. The Bertz CT molecular complexity index is 1100. The fourth-order valence-electron chi connectivity index (χ4n) is 4.98. The second-order valence-corrected chi connectivity index (χ2v) is 10.6. The predicted octanol–water partition coefficient (Wildman–Crippen LogP) is 4.24. The molecule has 0 saturated carbocycles. The minimum atomic E-state index is -0.875. The van der Waals surface area contributed by atoms with Gasteiger partial charge < -0.3 is 24.0 Å². The average Bonchev–Trinajstić information content (AvgIpc) is 3.51. The first-order chi connectivity index (χ1) is 18.9. The van der Waals surface area contributed by atoms with Crippen LogP contribution in [0.2, 0.25) is 0 Å². The van der Waals surface area contributed by atoms with Gasteiger partial charge in [0.05, 0.1) is 13.1 Å². The van der Waals surface area contributed by atoms with Gasteiger partial charge in [-0.1, -0.05) is 38.1 Å². The van der Waals surface area contributed by atoms with E-state index in [0.717, 1.165) is 31.3 Å². The van der Waals surface area contributed by atoms with Crippen LogP contribution in [0.25, 0.3) is 0 Å². The molecule has 0 saturated heterocycles. The van der Waals surface area contributed by atoms with Crippen molar-refractivity contribution < 1.29 is 9.90 Å².